The van der Waals surface area contributed by atoms with E-state index in [4.69, 9.17) is 10.5 Å². The second kappa shape index (κ2) is 7.37. The van der Waals surface area contributed by atoms with E-state index in [1.54, 1.807) is 18.2 Å². The molecule has 0 aliphatic heterocycles. The number of hydrogen-bond donors (Lipinski definition) is 1. The summed E-state index contributed by atoms with van der Waals surface area (Å²) < 4.78 is 19.1. The Labute approximate surface area is 109 Å². The number of hydrogen-bond acceptors (Lipinski definition) is 2. The van der Waals surface area contributed by atoms with Crippen LogP contribution in [0.5, 0.6) is 5.75 Å². The second-order valence-electron chi connectivity index (χ2n) is 4.70. The molecule has 0 fully saturated rings. The van der Waals surface area contributed by atoms with Gasteiger partial charge < -0.3 is 10.5 Å². The lowest BCUT2D eigenvalue weighted by Crippen LogP contribution is -2.22. The Morgan fingerprint density at radius 1 is 1.33 bits per heavy atom. The Bertz CT molecular complexity index is 368. The fourth-order valence-electron chi connectivity index (χ4n) is 2.30. The van der Waals surface area contributed by atoms with Crippen LogP contribution >= 0.6 is 0 Å². The molecule has 0 spiro atoms. The molecule has 1 aromatic carbocycles. The van der Waals surface area contributed by atoms with Crippen molar-refractivity contribution in [3.63, 3.8) is 0 Å². The van der Waals surface area contributed by atoms with Crippen molar-refractivity contribution in [3.05, 3.63) is 29.6 Å². The fraction of sp³-hybridized carbons (Fsp3) is 0.600. The molecular formula is C15H24FNO. The van der Waals surface area contributed by atoms with Crippen molar-refractivity contribution in [2.24, 2.45) is 11.7 Å². The highest BCUT2D eigenvalue weighted by atomic mass is 19.1. The maximum Gasteiger partial charge on any atom is 0.169 e. The molecule has 0 aromatic heterocycles. The van der Waals surface area contributed by atoms with Crippen LogP contribution in [0.1, 0.15) is 51.1 Å². The molecule has 0 aliphatic carbocycles. The highest BCUT2D eigenvalue weighted by molar-refractivity contribution is 5.33. The van der Waals surface area contributed by atoms with E-state index in [-0.39, 0.29) is 17.6 Å². The molecule has 2 nitrogen and oxygen atoms in total. The number of rotatable bonds is 7. The number of methoxy groups -OCH3 is 1. The van der Waals surface area contributed by atoms with E-state index in [1.807, 2.05) is 0 Å². The maximum absolute atomic E-state index is 14.1. The quantitative estimate of drug-likeness (QED) is 0.795. The summed E-state index contributed by atoms with van der Waals surface area (Å²) in [6, 6.07) is 4.93. The van der Waals surface area contributed by atoms with Gasteiger partial charge in [-0.3, -0.25) is 0 Å². The van der Waals surface area contributed by atoms with Crippen molar-refractivity contribution >= 4 is 0 Å². The first-order valence-corrected chi connectivity index (χ1v) is 6.73. The predicted octanol–water partition coefficient (Wildman–Crippen LogP) is 4.05. The van der Waals surface area contributed by atoms with E-state index >= 15 is 0 Å². The SMILES string of the molecule is CCCCC(CC)C(N)c1cccc(OC)c1F. The summed E-state index contributed by atoms with van der Waals surface area (Å²) in [5, 5.41) is 0. The lowest BCUT2D eigenvalue weighted by atomic mass is 9.87. The minimum atomic E-state index is -0.317. The van der Waals surface area contributed by atoms with Gasteiger partial charge in [0.2, 0.25) is 0 Å². The molecule has 0 heterocycles. The Morgan fingerprint density at radius 3 is 2.61 bits per heavy atom. The average Bonchev–Trinajstić information content (AvgIpc) is 2.39. The van der Waals surface area contributed by atoms with Crippen LogP contribution < -0.4 is 10.5 Å². The van der Waals surface area contributed by atoms with Crippen molar-refractivity contribution in [1.82, 2.24) is 0 Å². The fourth-order valence-corrected chi connectivity index (χ4v) is 2.30. The topological polar surface area (TPSA) is 35.2 Å². The minimum Gasteiger partial charge on any atom is -0.494 e. The second-order valence-corrected chi connectivity index (χ2v) is 4.70. The predicted molar refractivity (Wildman–Crippen MR) is 73.2 cm³/mol. The Hall–Kier alpha value is -1.09. The summed E-state index contributed by atoms with van der Waals surface area (Å²) in [7, 11) is 1.47. The van der Waals surface area contributed by atoms with E-state index in [1.165, 1.54) is 7.11 Å². The zero-order valence-corrected chi connectivity index (χ0v) is 11.6. The van der Waals surface area contributed by atoms with Gasteiger partial charge >= 0.3 is 0 Å². The third kappa shape index (κ3) is 3.45. The van der Waals surface area contributed by atoms with Gasteiger partial charge in [0.1, 0.15) is 0 Å². The molecular weight excluding hydrogens is 229 g/mol. The molecule has 0 aliphatic rings. The first-order chi connectivity index (χ1) is 8.65. The number of unbranched alkanes of at least 4 members (excludes halogenated alkanes) is 1. The van der Waals surface area contributed by atoms with Crippen LogP contribution in [0.4, 0.5) is 4.39 Å². The van der Waals surface area contributed by atoms with E-state index < -0.39 is 0 Å². The first-order valence-electron chi connectivity index (χ1n) is 6.73. The van der Waals surface area contributed by atoms with Gasteiger partial charge in [-0.25, -0.2) is 4.39 Å². The maximum atomic E-state index is 14.1. The lowest BCUT2D eigenvalue weighted by molar-refractivity contribution is 0.353. The van der Waals surface area contributed by atoms with Crippen molar-refractivity contribution in [1.29, 1.82) is 0 Å². The van der Waals surface area contributed by atoms with Gasteiger partial charge in [-0.1, -0.05) is 45.2 Å². The van der Waals surface area contributed by atoms with E-state index in [2.05, 4.69) is 13.8 Å². The van der Waals surface area contributed by atoms with Crippen molar-refractivity contribution in [2.45, 2.75) is 45.6 Å². The van der Waals surface area contributed by atoms with Gasteiger partial charge in [0.05, 0.1) is 7.11 Å². The summed E-state index contributed by atoms with van der Waals surface area (Å²) in [5.74, 6) is 0.280. The molecule has 1 aromatic rings. The molecule has 0 amide bonds. The van der Waals surface area contributed by atoms with Crippen molar-refractivity contribution < 1.29 is 9.13 Å². The Balaban J connectivity index is 2.90. The van der Waals surface area contributed by atoms with Gasteiger partial charge in [-0.15, -0.1) is 0 Å². The molecule has 2 atom stereocenters. The van der Waals surface area contributed by atoms with Crippen LogP contribution in [0.3, 0.4) is 0 Å². The monoisotopic (exact) mass is 253 g/mol. The molecule has 1 rings (SSSR count). The minimum absolute atomic E-state index is 0.253. The van der Waals surface area contributed by atoms with Crippen LogP contribution in [0.2, 0.25) is 0 Å². The summed E-state index contributed by atoms with van der Waals surface area (Å²) in [6.07, 6.45) is 4.30. The van der Waals surface area contributed by atoms with Crippen LogP contribution in [-0.4, -0.2) is 7.11 Å². The summed E-state index contributed by atoms with van der Waals surface area (Å²) in [6.45, 7) is 4.27. The van der Waals surface area contributed by atoms with Crippen LogP contribution in [0.15, 0.2) is 18.2 Å². The van der Waals surface area contributed by atoms with Crippen molar-refractivity contribution in [2.75, 3.05) is 7.11 Å². The number of nitrogens with two attached hydrogens (primary N) is 1. The standard InChI is InChI=1S/C15H24FNO/c1-4-6-8-11(5-2)15(17)12-9-7-10-13(18-3)14(12)16/h7,9-11,15H,4-6,8,17H2,1-3H3. The summed E-state index contributed by atoms with van der Waals surface area (Å²) in [4.78, 5) is 0. The van der Waals surface area contributed by atoms with E-state index in [0.717, 1.165) is 25.7 Å². The number of halogens is 1. The van der Waals surface area contributed by atoms with Crippen LogP contribution in [0, 0.1) is 11.7 Å². The zero-order valence-electron chi connectivity index (χ0n) is 11.6. The lowest BCUT2D eigenvalue weighted by Gasteiger charge is -2.23. The number of benzene rings is 1. The molecule has 0 saturated heterocycles. The van der Waals surface area contributed by atoms with Crippen LogP contribution in [0.25, 0.3) is 0 Å². The highest BCUT2D eigenvalue weighted by Gasteiger charge is 2.21. The zero-order chi connectivity index (χ0) is 13.5. The molecule has 18 heavy (non-hydrogen) atoms. The molecule has 0 radical (unpaired) electrons. The van der Waals surface area contributed by atoms with Crippen LogP contribution in [-0.2, 0) is 0 Å². The molecule has 0 saturated carbocycles. The Morgan fingerprint density at radius 2 is 2.06 bits per heavy atom. The van der Waals surface area contributed by atoms with Crippen molar-refractivity contribution in [3.8, 4) is 5.75 Å². The number of ether oxygens (including phenoxy) is 1. The van der Waals surface area contributed by atoms with Gasteiger partial charge in [-0.2, -0.15) is 0 Å². The van der Waals surface area contributed by atoms with E-state index in [0.29, 0.717) is 11.5 Å². The third-order valence-electron chi connectivity index (χ3n) is 3.53. The summed E-state index contributed by atoms with van der Waals surface area (Å²) in [5.41, 5.74) is 6.79. The largest absolute Gasteiger partial charge is 0.494 e. The third-order valence-corrected chi connectivity index (χ3v) is 3.53. The van der Waals surface area contributed by atoms with Gasteiger partial charge in [0.15, 0.2) is 11.6 Å². The van der Waals surface area contributed by atoms with E-state index in [9.17, 15) is 4.39 Å². The molecule has 102 valence electrons. The molecule has 2 unspecified atom stereocenters. The van der Waals surface area contributed by atoms with Gasteiger partial charge in [0, 0.05) is 11.6 Å². The summed E-state index contributed by atoms with van der Waals surface area (Å²) >= 11 is 0. The van der Waals surface area contributed by atoms with Gasteiger partial charge in [-0.05, 0) is 18.4 Å². The molecule has 0 bridgehead atoms. The highest BCUT2D eigenvalue weighted by Crippen LogP contribution is 2.31. The average molecular weight is 253 g/mol. The normalized spacial score (nSPS) is 14.3. The van der Waals surface area contributed by atoms with Gasteiger partial charge in [0.25, 0.3) is 0 Å². The molecule has 2 N–H and O–H groups in total. The smallest absolute Gasteiger partial charge is 0.169 e. The molecule has 3 heteroatoms. The Kier molecular flexibility index (Phi) is 6.13. The first kappa shape index (κ1) is 15.0.